The molecule has 0 aliphatic rings. The van der Waals surface area contributed by atoms with Gasteiger partial charge in [-0.15, -0.1) is 0 Å². The lowest BCUT2D eigenvalue weighted by atomic mass is 10.0. The molecule has 28 heavy (non-hydrogen) atoms. The Kier molecular flexibility index (Phi) is 6.63. The number of carbonyl (C=O) groups excluding carboxylic acids is 1. The number of likely N-dealkylation sites (N-methyl/N-ethyl adjacent to an activating group) is 1. The first-order chi connectivity index (χ1) is 13.6. The van der Waals surface area contributed by atoms with Crippen LogP contribution in [0.1, 0.15) is 22.0 Å². The Morgan fingerprint density at radius 2 is 1.75 bits per heavy atom. The van der Waals surface area contributed by atoms with Crippen molar-refractivity contribution < 1.29 is 9.53 Å². The molecule has 0 spiro atoms. The molecule has 0 aromatic heterocycles. The van der Waals surface area contributed by atoms with Crippen LogP contribution in [0.3, 0.4) is 0 Å². The van der Waals surface area contributed by atoms with Gasteiger partial charge in [0, 0.05) is 13.1 Å². The zero-order valence-electron chi connectivity index (χ0n) is 16.4. The van der Waals surface area contributed by atoms with Gasteiger partial charge in [0.05, 0.1) is 11.6 Å². The van der Waals surface area contributed by atoms with E-state index in [0.29, 0.717) is 24.5 Å². The minimum atomic E-state index is -0.271. The summed E-state index contributed by atoms with van der Waals surface area (Å²) in [6, 6.07) is 21.3. The van der Waals surface area contributed by atoms with E-state index in [2.05, 4.69) is 29.6 Å². The zero-order valence-corrected chi connectivity index (χ0v) is 16.4. The summed E-state index contributed by atoms with van der Waals surface area (Å²) in [5.74, 6) is 0.389. The van der Waals surface area contributed by atoms with E-state index >= 15 is 0 Å². The molecule has 0 aliphatic heterocycles. The van der Waals surface area contributed by atoms with Crippen molar-refractivity contribution in [3.8, 4) is 5.75 Å². The SMILES string of the molecule is CN(C)CCOc1ccccc1C(=O)NC(CN)c1ccc2ccccc2c1. The summed E-state index contributed by atoms with van der Waals surface area (Å²) >= 11 is 0. The van der Waals surface area contributed by atoms with Crippen LogP contribution in [0.4, 0.5) is 0 Å². The number of hydrogen-bond donors (Lipinski definition) is 2. The third kappa shape index (κ3) is 4.88. The van der Waals surface area contributed by atoms with Crippen molar-refractivity contribution in [3.63, 3.8) is 0 Å². The molecule has 1 unspecified atom stereocenters. The number of carbonyl (C=O) groups is 1. The van der Waals surface area contributed by atoms with Gasteiger partial charge in [-0.2, -0.15) is 0 Å². The van der Waals surface area contributed by atoms with Crippen LogP contribution < -0.4 is 15.8 Å². The number of nitrogens with two attached hydrogens (primary N) is 1. The molecule has 3 aromatic rings. The minimum absolute atomic E-state index is 0.191. The second kappa shape index (κ2) is 9.35. The van der Waals surface area contributed by atoms with Gasteiger partial charge in [-0.25, -0.2) is 0 Å². The van der Waals surface area contributed by atoms with Crippen LogP contribution in [-0.2, 0) is 0 Å². The topological polar surface area (TPSA) is 67.6 Å². The van der Waals surface area contributed by atoms with Crippen LogP contribution in [0, 0.1) is 0 Å². The zero-order chi connectivity index (χ0) is 19.9. The molecule has 0 fully saturated rings. The molecule has 146 valence electrons. The Hall–Kier alpha value is -2.89. The molecule has 0 bridgehead atoms. The first-order valence-corrected chi connectivity index (χ1v) is 9.44. The number of para-hydroxylation sites is 1. The summed E-state index contributed by atoms with van der Waals surface area (Å²) in [5.41, 5.74) is 7.48. The number of amides is 1. The summed E-state index contributed by atoms with van der Waals surface area (Å²) in [6.45, 7) is 1.61. The average Bonchev–Trinajstić information content (AvgIpc) is 2.71. The molecule has 0 radical (unpaired) electrons. The Balaban J connectivity index is 1.76. The Morgan fingerprint density at radius 1 is 1.04 bits per heavy atom. The number of fused-ring (bicyclic) bond motifs is 1. The molecule has 1 amide bonds. The first-order valence-electron chi connectivity index (χ1n) is 9.44. The van der Waals surface area contributed by atoms with Gasteiger partial charge in [0.25, 0.3) is 5.91 Å². The highest BCUT2D eigenvalue weighted by atomic mass is 16.5. The lowest BCUT2D eigenvalue weighted by molar-refractivity contribution is 0.0933. The second-order valence-corrected chi connectivity index (χ2v) is 7.02. The van der Waals surface area contributed by atoms with Crippen LogP contribution in [0.5, 0.6) is 5.75 Å². The van der Waals surface area contributed by atoms with E-state index < -0.39 is 0 Å². The van der Waals surface area contributed by atoms with Crippen molar-refractivity contribution in [2.24, 2.45) is 5.73 Å². The van der Waals surface area contributed by atoms with Gasteiger partial charge < -0.3 is 20.7 Å². The van der Waals surface area contributed by atoms with Gasteiger partial charge in [0.2, 0.25) is 0 Å². The standard InChI is InChI=1S/C23H27N3O2/c1-26(2)13-14-28-22-10-6-5-9-20(22)23(27)25-21(16-24)19-12-11-17-7-3-4-8-18(17)15-19/h3-12,15,21H,13-14,16,24H2,1-2H3,(H,25,27). The summed E-state index contributed by atoms with van der Waals surface area (Å²) in [5, 5.41) is 5.33. The van der Waals surface area contributed by atoms with Gasteiger partial charge in [-0.05, 0) is 48.6 Å². The quantitative estimate of drug-likeness (QED) is 0.633. The van der Waals surface area contributed by atoms with Crippen LogP contribution in [0.2, 0.25) is 0 Å². The molecule has 1 atom stereocenters. The van der Waals surface area contributed by atoms with E-state index in [-0.39, 0.29) is 11.9 Å². The van der Waals surface area contributed by atoms with Crippen molar-refractivity contribution >= 4 is 16.7 Å². The fourth-order valence-electron chi connectivity index (χ4n) is 3.06. The molecule has 5 nitrogen and oxygen atoms in total. The number of hydrogen-bond acceptors (Lipinski definition) is 4. The fraction of sp³-hybridized carbons (Fsp3) is 0.261. The van der Waals surface area contributed by atoms with Crippen molar-refractivity contribution in [3.05, 3.63) is 77.9 Å². The smallest absolute Gasteiger partial charge is 0.255 e. The molecule has 3 rings (SSSR count). The van der Waals surface area contributed by atoms with Gasteiger partial charge in [0.1, 0.15) is 12.4 Å². The van der Waals surface area contributed by atoms with Gasteiger partial charge in [-0.3, -0.25) is 4.79 Å². The number of nitrogens with zero attached hydrogens (tertiary/aromatic N) is 1. The van der Waals surface area contributed by atoms with E-state index in [9.17, 15) is 4.79 Å². The normalized spacial score (nSPS) is 12.1. The molecular formula is C23H27N3O2. The number of ether oxygens (including phenoxy) is 1. The van der Waals surface area contributed by atoms with Crippen LogP contribution >= 0.6 is 0 Å². The maximum Gasteiger partial charge on any atom is 0.255 e. The molecule has 3 N–H and O–H groups in total. The van der Waals surface area contributed by atoms with Crippen LogP contribution in [-0.4, -0.2) is 44.6 Å². The third-order valence-electron chi connectivity index (χ3n) is 4.64. The highest BCUT2D eigenvalue weighted by Gasteiger charge is 2.18. The molecule has 0 aliphatic carbocycles. The molecule has 5 heteroatoms. The highest BCUT2D eigenvalue weighted by molar-refractivity contribution is 5.97. The minimum Gasteiger partial charge on any atom is -0.491 e. The van der Waals surface area contributed by atoms with Crippen molar-refractivity contribution in [1.29, 1.82) is 0 Å². The molecule has 3 aromatic carbocycles. The third-order valence-corrected chi connectivity index (χ3v) is 4.64. The maximum absolute atomic E-state index is 12.9. The van der Waals surface area contributed by atoms with E-state index in [0.717, 1.165) is 22.9 Å². The average molecular weight is 377 g/mol. The largest absolute Gasteiger partial charge is 0.491 e. The first kappa shape index (κ1) is 19.9. The van der Waals surface area contributed by atoms with E-state index in [1.54, 1.807) is 6.07 Å². The summed E-state index contributed by atoms with van der Waals surface area (Å²) in [4.78, 5) is 14.9. The maximum atomic E-state index is 12.9. The Morgan fingerprint density at radius 3 is 2.50 bits per heavy atom. The van der Waals surface area contributed by atoms with Gasteiger partial charge in [0.15, 0.2) is 0 Å². The summed E-state index contributed by atoms with van der Waals surface area (Å²) < 4.78 is 5.81. The van der Waals surface area contributed by atoms with Gasteiger partial charge >= 0.3 is 0 Å². The monoisotopic (exact) mass is 377 g/mol. The molecule has 0 saturated heterocycles. The molecule has 0 heterocycles. The van der Waals surface area contributed by atoms with Crippen LogP contribution in [0.15, 0.2) is 66.7 Å². The fourth-order valence-corrected chi connectivity index (χ4v) is 3.06. The number of benzene rings is 3. The van der Waals surface area contributed by atoms with Crippen LogP contribution in [0.25, 0.3) is 10.8 Å². The summed E-state index contributed by atoms with van der Waals surface area (Å²) in [6.07, 6.45) is 0. The van der Waals surface area contributed by atoms with Crippen molar-refractivity contribution in [2.75, 3.05) is 33.8 Å². The molecular weight excluding hydrogens is 350 g/mol. The number of nitrogens with one attached hydrogen (secondary N) is 1. The summed E-state index contributed by atoms with van der Waals surface area (Å²) in [7, 11) is 3.97. The highest BCUT2D eigenvalue weighted by Crippen LogP contribution is 2.22. The lowest BCUT2D eigenvalue weighted by Crippen LogP contribution is -2.33. The lowest BCUT2D eigenvalue weighted by Gasteiger charge is -2.19. The van der Waals surface area contributed by atoms with E-state index in [1.807, 2.05) is 55.4 Å². The Labute approximate surface area is 166 Å². The predicted octanol–water partition coefficient (Wildman–Crippen LogP) is 3.21. The Bertz CT molecular complexity index is 940. The molecule has 0 saturated carbocycles. The van der Waals surface area contributed by atoms with E-state index in [4.69, 9.17) is 10.5 Å². The second-order valence-electron chi connectivity index (χ2n) is 7.02. The van der Waals surface area contributed by atoms with Gasteiger partial charge in [-0.1, -0.05) is 48.5 Å². The number of rotatable bonds is 8. The van der Waals surface area contributed by atoms with Crippen molar-refractivity contribution in [1.82, 2.24) is 10.2 Å². The van der Waals surface area contributed by atoms with Crippen molar-refractivity contribution in [2.45, 2.75) is 6.04 Å². The predicted molar refractivity (Wildman–Crippen MR) is 114 cm³/mol. The van der Waals surface area contributed by atoms with E-state index in [1.165, 1.54) is 0 Å².